The van der Waals surface area contributed by atoms with E-state index in [4.69, 9.17) is 0 Å². The van der Waals surface area contributed by atoms with Gasteiger partial charge in [0.05, 0.1) is 0 Å². The van der Waals surface area contributed by atoms with Crippen molar-refractivity contribution in [3.05, 3.63) is 53.7 Å². The summed E-state index contributed by atoms with van der Waals surface area (Å²) in [6.07, 6.45) is 0. The number of hydrogen-bond donors (Lipinski definition) is 2. The van der Waals surface area contributed by atoms with Crippen molar-refractivity contribution >= 4 is 17.4 Å². The number of anilines is 2. The van der Waals surface area contributed by atoms with E-state index in [0.29, 0.717) is 11.4 Å². The zero-order valence-electron chi connectivity index (χ0n) is 10.4. The summed E-state index contributed by atoms with van der Waals surface area (Å²) in [6, 6.07) is 12.9. The number of carbonyl (C=O) groups excluding carboxylic acids is 1. The summed E-state index contributed by atoms with van der Waals surface area (Å²) in [5.74, 6) is 0.552. The third-order valence-corrected chi connectivity index (χ3v) is 2.50. The van der Waals surface area contributed by atoms with Gasteiger partial charge < -0.3 is 10.6 Å². The Morgan fingerprint density at radius 2 is 1.89 bits per heavy atom. The fourth-order valence-corrected chi connectivity index (χ4v) is 1.65. The number of benzene rings is 1. The lowest BCUT2D eigenvalue weighted by molar-refractivity contribution is 0.102. The molecule has 0 unspecified atom stereocenters. The Hall–Kier alpha value is -2.36. The highest BCUT2D eigenvalue weighted by molar-refractivity contribution is 6.04. The third kappa shape index (κ3) is 2.85. The van der Waals surface area contributed by atoms with Gasteiger partial charge in [0.1, 0.15) is 5.82 Å². The number of carbonyl (C=O) groups is 1. The molecule has 4 nitrogen and oxygen atoms in total. The van der Waals surface area contributed by atoms with Gasteiger partial charge in [0.15, 0.2) is 0 Å². The summed E-state index contributed by atoms with van der Waals surface area (Å²) in [7, 11) is 1.78. The molecule has 0 saturated heterocycles. The highest BCUT2D eigenvalue weighted by Crippen LogP contribution is 2.12. The van der Waals surface area contributed by atoms with Crippen LogP contribution in [0.3, 0.4) is 0 Å². The number of aromatic nitrogens is 1. The molecule has 0 aliphatic rings. The van der Waals surface area contributed by atoms with Crippen LogP contribution in [-0.2, 0) is 0 Å². The van der Waals surface area contributed by atoms with Gasteiger partial charge in [-0.3, -0.25) is 4.79 Å². The van der Waals surface area contributed by atoms with Crippen molar-refractivity contribution in [1.29, 1.82) is 0 Å². The van der Waals surface area contributed by atoms with E-state index in [-0.39, 0.29) is 5.91 Å². The summed E-state index contributed by atoms with van der Waals surface area (Å²) >= 11 is 0. The normalized spacial score (nSPS) is 9.89. The molecule has 92 valence electrons. The van der Waals surface area contributed by atoms with Crippen molar-refractivity contribution in [3.8, 4) is 0 Å². The summed E-state index contributed by atoms with van der Waals surface area (Å²) in [6.45, 7) is 1.86. The quantitative estimate of drug-likeness (QED) is 0.868. The second-order valence-electron chi connectivity index (χ2n) is 3.95. The van der Waals surface area contributed by atoms with Crippen molar-refractivity contribution in [2.45, 2.75) is 6.92 Å². The van der Waals surface area contributed by atoms with E-state index in [1.807, 2.05) is 37.3 Å². The largest absolute Gasteiger partial charge is 0.373 e. The Labute approximate surface area is 106 Å². The smallest absolute Gasteiger partial charge is 0.255 e. The average molecular weight is 241 g/mol. The number of para-hydroxylation sites is 1. The zero-order chi connectivity index (χ0) is 13.0. The van der Waals surface area contributed by atoms with Crippen LogP contribution in [0.5, 0.6) is 0 Å². The lowest BCUT2D eigenvalue weighted by Gasteiger charge is -2.07. The fourth-order valence-electron chi connectivity index (χ4n) is 1.65. The minimum atomic E-state index is -0.136. The van der Waals surface area contributed by atoms with Crippen LogP contribution in [0.2, 0.25) is 0 Å². The van der Waals surface area contributed by atoms with Crippen LogP contribution in [0.15, 0.2) is 42.5 Å². The third-order valence-electron chi connectivity index (χ3n) is 2.50. The number of nitrogens with one attached hydrogen (secondary N) is 2. The van der Waals surface area contributed by atoms with Crippen molar-refractivity contribution < 1.29 is 4.79 Å². The zero-order valence-corrected chi connectivity index (χ0v) is 10.4. The lowest BCUT2D eigenvalue weighted by Crippen LogP contribution is -2.13. The molecular weight excluding hydrogens is 226 g/mol. The number of aryl methyl sites for hydroxylation is 1. The molecule has 1 aromatic carbocycles. The van der Waals surface area contributed by atoms with Gasteiger partial charge in [-0.1, -0.05) is 18.2 Å². The van der Waals surface area contributed by atoms with Crippen LogP contribution < -0.4 is 10.6 Å². The van der Waals surface area contributed by atoms with E-state index in [2.05, 4.69) is 15.6 Å². The minimum Gasteiger partial charge on any atom is -0.373 e. The van der Waals surface area contributed by atoms with Crippen molar-refractivity contribution in [2.75, 3.05) is 17.7 Å². The van der Waals surface area contributed by atoms with E-state index in [0.717, 1.165) is 11.4 Å². The van der Waals surface area contributed by atoms with Gasteiger partial charge in [0.2, 0.25) is 0 Å². The van der Waals surface area contributed by atoms with Gasteiger partial charge in [0.25, 0.3) is 5.91 Å². The van der Waals surface area contributed by atoms with Crippen LogP contribution in [0, 0.1) is 6.92 Å². The highest BCUT2D eigenvalue weighted by Gasteiger charge is 2.08. The Kier molecular flexibility index (Phi) is 3.57. The maximum Gasteiger partial charge on any atom is 0.255 e. The molecule has 2 N–H and O–H groups in total. The van der Waals surface area contributed by atoms with Gasteiger partial charge in [0, 0.05) is 24.0 Å². The second kappa shape index (κ2) is 5.31. The Morgan fingerprint density at radius 3 is 2.56 bits per heavy atom. The van der Waals surface area contributed by atoms with Crippen LogP contribution in [0.4, 0.5) is 11.5 Å². The predicted octanol–water partition coefficient (Wildman–Crippen LogP) is 2.68. The van der Waals surface area contributed by atoms with E-state index in [9.17, 15) is 4.79 Å². The molecule has 0 aliphatic carbocycles. The molecule has 0 bridgehead atoms. The van der Waals surface area contributed by atoms with Crippen LogP contribution >= 0.6 is 0 Å². The van der Waals surface area contributed by atoms with Crippen LogP contribution in [-0.4, -0.2) is 17.9 Å². The molecule has 18 heavy (non-hydrogen) atoms. The molecule has 1 aromatic heterocycles. The molecule has 0 spiro atoms. The predicted molar refractivity (Wildman–Crippen MR) is 72.9 cm³/mol. The highest BCUT2D eigenvalue weighted by atomic mass is 16.1. The Bertz CT molecular complexity index is 552. The van der Waals surface area contributed by atoms with Gasteiger partial charge in [-0.05, 0) is 31.2 Å². The fraction of sp³-hybridized carbons (Fsp3) is 0.143. The van der Waals surface area contributed by atoms with Gasteiger partial charge in [-0.15, -0.1) is 0 Å². The number of amides is 1. The topological polar surface area (TPSA) is 54.0 Å². The summed E-state index contributed by atoms with van der Waals surface area (Å²) in [5, 5.41) is 5.78. The molecule has 0 radical (unpaired) electrons. The first kappa shape index (κ1) is 12.1. The summed E-state index contributed by atoms with van der Waals surface area (Å²) < 4.78 is 0. The number of hydrogen-bond acceptors (Lipinski definition) is 3. The van der Waals surface area contributed by atoms with Gasteiger partial charge in [-0.2, -0.15) is 0 Å². The molecule has 0 aliphatic heterocycles. The van der Waals surface area contributed by atoms with E-state index in [1.54, 1.807) is 19.2 Å². The lowest BCUT2D eigenvalue weighted by atomic mass is 10.2. The van der Waals surface area contributed by atoms with Crippen molar-refractivity contribution in [3.63, 3.8) is 0 Å². The van der Waals surface area contributed by atoms with E-state index < -0.39 is 0 Å². The summed E-state index contributed by atoms with van der Waals surface area (Å²) in [4.78, 5) is 16.3. The van der Waals surface area contributed by atoms with Crippen LogP contribution in [0.1, 0.15) is 16.1 Å². The number of nitrogens with zero attached hydrogens (tertiary/aromatic N) is 1. The maximum absolute atomic E-state index is 12.1. The monoisotopic (exact) mass is 241 g/mol. The molecule has 4 heteroatoms. The van der Waals surface area contributed by atoms with Crippen molar-refractivity contribution in [2.24, 2.45) is 0 Å². The standard InChI is InChI=1S/C14H15N3O/c1-10-8-11(9-13(15-2)16-10)14(18)17-12-6-4-3-5-7-12/h3-9H,1-2H3,(H,15,16)(H,17,18). The molecule has 1 heterocycles. The first-order chi connectivity index (χ1) is 8.69. The molecule has 0 atom stereocenters. The molecule has 2 aromatic rings. The maximum atomic E-state index is 12.1. The van der Waals surface area contributed by atoms with E-state index in [1.165, 1.54) is 0 Å². The van der Waals surface area contributed by atoms with Gasteiger partial charge >= 0.3 is 0 Å². The van der Waals surface area contributed by atoms with Crippen LogP contribution in [0.25, 0.3) is 0 Å². The molecule has 1 amide bonds. The molecule has 0 fully saturated rings. The Morgan fingerprint density at radius 1 is 1.17 bits per heavy atom. The molecular formula is C14H15N3O. The number of pyridine rings is 1. The van der Waals surface area contributed by atoms with Crippen molar-refractivity contribution in [1.82, 2.24) is 4.98 Å². The summed E-state index contributed by atoms with van der Waals surface area (Å²) in [5.41, 5.74) is 2.18. The number of rotatable bonds is 3. The second-order valence-corrected chi connectivity index (χ2v) is 3.95. The SMILES string of the molecule is CNc1cc(C(=O)Nc2ccccc2)cc(C)n1. The molecule has 2 rings (SSSR count). The minimum absolute atomic E-state index is 0.136. The first-order valence-corrected chi connectivity index (χ1v) is 5.72. The Balaban J connectivity index is 2.21. The van der Waals surface area contributed by atoms with Gasteiger partial charge in [-0.25, -0.2) is 4.98 Å². The molecule has 0 saturated carbocycles. The average Bonchev–Trinajstić information content (AvgIpc) is 2.39. The van der Waals surface area contributed by atoms with E-state index >= 15 is 0 Å². The first-order valence-electron chi connectivity index (χ1n) is 5.72.